The van der Waals surface area contributed by atoms with Gasteiger partial charge in [-0.15, -0.1) is 5.10 Å². The first kappa shape index (κ1) is 24.4. The van der Waals surface area contributed by atoms with Gasteiger partial charge in [0.05, 0.1) is 11.6 Å². The molecule has 7 nitrogen and oxygen atoms in total. The summed E-state index contributed by atoms with van der Waals surface area (Å²) in [6.07, 6.45) is 6.91. The van der Waals surface area contributed by atoms with E-state index in [2.05, 4.69) is 74.2 Å². The SMILES string of the molecule is C=CCOc1ccc(C(NC2CCC(N)CC2)c2nnnn2C(C)(C)CC(C)(C)C)cc1. The molecule has 1 unspecified atom stereocenters. The van der Waals surface area contributed by atoms with Crippen molar-refractivity contribution in [2.45, 2.75) is 90.4 Å². The molecule has 3 rings (SSSR count). The highest BCUT2D eigenvalue weighted by Gasteiger charge is 2.34. The highest BCUT2D eigenvalue weighted by Crippen LogP contribution is 2.34. The van der Waals surface area contributed by atoms with Crippen molar-refractivity contribution in [3.05, 3.63) is 48.3 Å². The van der Waals surface area contributed by atoms with Crippen molar-refractivity contribution in [1.29, 1.82) is 0 Å². The first-order valence-corrected chi connectivity index (χ1v) is 11.7. The van der Waals surface area contributed by atoms with Gasteiger partial charge in [0.1, 0.15) is 12.4 Å². The van der Waals surface area contributed by atoms with Crippen molar-refractivity contribution >= 4 is 0 Å². The molecule has 3 N–H and O–H groups in total. The van der Waals surface area contributed by atoms with Gasteiger partial charge in [-0.25, -0.2) is 4.68 Å². The summed E-state index contributed by atoms with van der Waals surface area (Å²) in [6.45, 7) is 15.4. The molecule has 0 spiro atoms. The van der Waals surface area contributed by atoms with E-state index in [1.807, 2.05) is 16.8 Å². The molecule has 32 heavy (non-hydrogen) atoms. The van der Waals surface area contributed by atoms with Crippen molar-refractivity contribution < 1.29 is 4.74 Å². The van der Waals surface area contributed by atoms with Crippen LogP contribution in [0.4, 0.5) is 0 Å². The van der Waals surface area contributed by atoms with Crippen molar-refractivity contribution in [2.24, 2.45) is 11.1 Å². The van der Waals surface area contributed by atoms with E-state index in [9.17, 15) is 0 Å². The molecule has 1 heterocycles. The Bertz CT molecular complexity index is 859. The fourth-order valence-electron chi connectivity index (χ4n) is 4.93. The van der Waals surface area contributed by atoms with Crippen LogP contribution in [0.5, 0.6) is 5.75 Å². The molecule has 1 atom stereocenters. The molecule has 2 aromatic rings. The minimum absolute atomic E-state index is 0.114. The Morgan fingerprint density at radius 3 is 2.41 bits per heavy atom. The van der Waals surface area contributed by atoms with Crippen molar-refractivity contribution in [2.75, 3.05) is 6.61 Å². The Balaban J connectivity index is 1.93. The van der Waals surface area contributed by atoms with Crippen LogP contribution in [0.2, 0.25) is 0 Å². The first-order chi connectivity index (χ1) is 15.1. The van der Waals surface area contributed by atoms with Crippen LogP contribution in [0, 0.1) is 5.41 Å². The lowest BCUT2D eigenvalue weighted by Crippen LogP contribution is -2.42. The summed E-state index contributed by atoms with van der Waals surface area (Å²) < 4.78 is 7.68. The summed E-state index contributed by atoms with van der Waals surface area (Å²) in [6, 6.07) is 8.77. The van der Waals surface area contributed by atoms with E-state index in [4.69, 9.17) is 10.5 Å². The summed E-state index contributed by atoms with van der Waals surface area (Å²) in [5, 5.41) is 16.9. The van der Waals surface area contributed by atoms with E-state index in [0.29, 0.717) is 18.7 Å². The second kappa shape index (κ2) is 10.1. The topological polar surface area (TPSA) is 90.9 Å². The molecule has 0 saturated heterocycles. The third kappa shape index (κ3) is 6.39. The van der Waals surface area contributed by atoms with Gasteiger partial charge < -0.3 is 15.8 Å². The zero-order valence-electron chi connectivity index (χ0n) is 20.3. The highest BCUT2D eigenvalue weighted by atomic mass is 16.5. The first-order valence-electron chi connectivity index (χ1n) is 11.7. The van der Waals surface area contributed by atoms with E-state index < -0.39 is 0 Å². The van der Waals surface area contributed by atoms with Crippen LogP contribution in [0.3, 0.4) is 0 Å². The molecule has 0 radical (unpaired) electrons. The maximum atomic E-state index is 6.14. The fraction of sp³-hybridized carbons (Fsp3) is 0.640. The van der Waals surface area contributed by atoms with Gasteiger partial charge >= 0.3 is 0 Å². The number of nitrogens with zero attached hydrogens (tertiary/aromatic N) is 4. The van der Waals surface area contributed by atoms with Crippen LogP contribution in [-0.2, 0) is 5.54 Å². The molecule has 176 valence electrons. The molecule has 1 aliphatic carbocycles. The van der Waals surface area contributed by atoms with Crippen LogP contribution in [0.15, 0.2) is 36.9 Å². The van der Waals surface area contributed by atoms with Crippen LogP contribution < -0.4 is 15.8 Å². The molecule has 1 aromatic heterocycles. The number of rotatable bonds is 9. The molecule has 0 amide bonds. The minimum atomic E-state index is -0.223. The van der Waals surface area contributed by atoms with Gasteiger partial charge in [0, 0.05) is 12.1 Å². The van der Waals surface area contributed by atoms with Crippen LogP contribution in [0.25, 0.3) is 0 Å². The summed E-state index contributed by atoms with van der Waals surface area (Å²) >= 11 is 0. The Hall–Kier alpha value is -2.25. The monoisotopic (exact) mass is 440 g/mol. The van der Waals surface area contributed by atoms with Crippen LogP contribution >= 0.6 is 0 Å². The highest BCUT2D eigenvalue weighted by molar-refractivity contribution is 5.32. The maximum Gasteiger partial charge on any atom is 0.173 e. The normalized spacial score (nSPS) is 20.7. The molecule has 0 aliphatic heterocycles. The predicted molar refractivity (Wildman–Crippen MR) is 129 cm³/mol. The van der Waals surface area contributed by atoms with Gasteiger partial charge in [-0.05, 0) is 79.5 Å². The number of nitrogens with two attached hydrogens (primary N) is 1. The summed E-state index contributed by atoms with van der Waals surface area (Å²) in [5.41, 5.74) is 7.19. The van der Waals surface area contributed by atoms with Gasteiger partial charge in [-0.3, -0.25) is 0 Å². The molecule has 1 fully saturated rings. The van der Waals surface area contributed by atoms with E-state index in [0.717, 1.165) is 49.2 Å². The van der Waals surface area contributed by atoms with E-state index >= 15 is 0 Å². The Morgan fingerprint density at radius 2 is 1.81 bits per heavy atom. The van der Waals surface area contributed by atoms with Gasteiger partial charge in [-0.1, -0.05) is 45.6 Å². The third-order valence-corrected chi connectivity index (χ3v) is 6.04. The standard InChI is InChI=1S/C25H40N6O/c1-7-16-32-21-14-8-18(9-15-21)22(27-20-12-10-19(26)11-13-20)23-28-29-30-31(23)25(5,6)17-24(2,3)4/h7-9,14-15,19-20,22,27H,1,10-13,16-17,26H2,2-6H3. The van der Waals surface area contributed by atoms with Gasteiger partial charge in [0.15, 0.2) is 5.82 Å². The van der Waals surface area contributed by atoms with Crippen molar-refractivity contribution in [3.63, 3.8) is 0 Å². The summed E-state index contributed by atoms with van der Waals surface area (Å²) in [4.78, 5) is 0. The van der Waals surface area contributed by atoms with Gasteiger partial charge in [0.2, 0.25) is 0 Å². The zero-order valence-corrected chi connectivity index (χ0v) is 20.3. The van der Waals surface area contributed by atoms with Gasteiger partial charge in [-0.2, -0.15) is 0 Å². The summed E-state index contributed by atoms with van der Waals surface area (Å²) in [5.74, 6) is 1.66. The number of nitrogens with one attached hydrogen (secondary N) is 1. The van der Waals surface area contributed by atoms with Crippen molar-refractivity contribution in [3.8, 4) is 5.75 Å². The largest absolute Gasteiger partial charge is 0.490 e. The number of hydrogen-bond donors (Lipinski definition) is 2. The summed E-state index contributed by atoms with van der Waals surface area (Å²) in [7, 11) is 0. The van der Waals surface area contributed by atoms with Crippen LogP contribution in [0.1, 0.15) is 84.2 Å². The van der Waals surface area contributed by atoms with Crippen LogP contribution in [-0.4, -0.2) is 38.9 Å². The minimum Gasteiger partial charge on any atom is -0.490 e. The molecule has 1 aromatic carbocycles. The lowest BCUT2D eigenvalue weighted by molar-refractivity contribution is 0.186. The number of hydrogen-bond acceptors (Lipinski definition) is 6. The Labute approximate surface area is 192 Å². The lowest BCUT2D eigenvalue weighted by Gasteiger charge is -2.35. The zero-order chi connectivity index (χ0) is 23.4. The molecule has 1 aliphatic rings. The third-order valence-electron chi connectivity index (χ3n) is 6.04. The smallest absolute Gasteiger partial charge is 0.173 e. The molecule has 1 saturated carbocycles. The average molecular weight is 441 g/mol. The second-order valence-corrected chi connectivity index (χ2v) is 10.9. The fourth-order valence-corrected chi connectivity index (χ4v) is 4.93. The van der Waals surface area contributed by atoms with Crippen molar-refractivity contribution in [1.82, 2.24) is 25.5 Å². The molecular weight excluding hydrogens is 400 g/mol. The Morgan fingerprint density at radius 1 is 1.16 bits per heavy atom. The van der Waals surface area contributed by atoms with E-state index in [1.165, 1.54) is 0 Å². The van der Waals surface area contributed by atoms with E-state index in [-0.39, 0.29) is 17.0 Å². The second-order valence-electron chi connectivity index (χ2n) is 10.9. The van der Waals surface area contributed by atoms with Gasteiger partial charge in [0.25, 0.3) is 0 Å². The molecular formula is C25H40N6O. The Kier molecular flexibility index (Phi) is 7.72. The lowest BCUT2D eigenvalue weighted by atomic mass is 9.81. The number of benzene rings is 1. The maximum absolute atomic E-state index is 6.14. The quantitative estimate of drug-likeness (QED) is 0.563. The number of tetrazole rings is 1. The predicted octanol–water partition coefficient (Wildman–Crippen LogP) is 4.36. The van der Waals surface area contributed by atoms with E-state index in [1.54, 1.807) is 6.08 Å². The molecule has 0 bridgehead atoms. The average Bonchev–Trinajstić information content (AvgIpc) is 3.21. The number of ether oxygens (including phenoxy) is 1. The molecule has 7 heteroatoms. The number of aromatic nitrogens is 4.